The summed E-state index contributed by atoms with van der Waals surface area (Å²) in [5, 5.41) is 0.553. The number of hydrogen-bond acceptors (Lipinski definition) is 5. The lowest BCUT2D eigenvalue weighted by atomic mass is 10.0. The molecular weight excluding hydrogens is 360 g/mol. The van der Waals surface area contributed by atoms with Crippen molar-refractivity contribution >= 4 is 28.3 Å². The van der Waals surface area contributed by atoms with Crippen LogP contribution in [0.25, 0.3) is 0 Å². The predicted molar refractivity (Wildman–Crippen MR) is 110 cm³/mol. The minimum Gasteiger partial charge on any atom is -0.462 e. The summed E-state index contributed by atoms with van der Waals surface area (Å²) in [4.78, 5) is 32.1. The SMILES string of the molecule is CCCCCN(C(=O)c1cc(C)ccc1C)c1nc(C)c(C(=O)OCC)s1. The van der Waals surface area contributed by atoms with Gasteiger partial charge in [0.2, 0.25) is 0 Å². The van der Waals surface area contributed by atoms with Gasteiger partial charge in [0.15, 0.2) is 5.13 Å². The second-order valence-electron chi connectivity index (χ2n) is 6.61. The van der Waals surface area contributed by atoms with Crippen molar-refractivity contribution in [3.05, 3.63) is 45.5 Å². The Morgan fingerprint density at radius 3 is 2.56 bits per heavy atom. The number of esters is 1. The highest BCUT2D eigenvalue weighted by atomic mass is 32.1. The maximum Gasteiger partial charge on any atom is 0.350 e. The monoisotopic (exact) mass is 388 g/mol. The van der Waals surface area contributed by atoms with Crippen LogP contribution in [0.5, 0.6) is 0 Å². The van der Waals surface area contributed by atoms with Gasteiger partial charge in [0.05, 0.1) is 12.3 Å². The van der Waals surface area contributed by atoms with Gasteiger partial charge in [0.1, 0.15) is 4.88 Å². The summed E-state index contributed by atoms with van der Waals surface area (Å²) in [7, 11) is 0. The van der Waals surface area contributed by atoms with Crippen LogP contribution in [-0.2, 0) is 4.74 Å². The number of carbonyl (C=O) groups is 2. The Balaban J connectivity index is 2.39. The Hall–Kier alpha value is -2.21. The van der Waals surface area contributed by atoms with Gasteiger partial charge in [-0.05, 0) is 45.7 Å². The maximum absolute atomic E-state index is 13.3. The molecule has 0 N–H and O–H groups in total. The lowest BCUT2D eigenvalue weighted by molar-refractivity contribution is 0.0531. The van der Waals surface area contributed by atoms with Gasteiger partial charge in [-0.3, -0.25) is 9.69 Å². The average molecular weight is 389 g/mol. The molecule has 1 heterocycles. The second kappa shape index (κ2) is 9.65. The predicted octanol–water partition coefficient (Wildman–Crippen LogP) is 5.08. The van der Waals surface area contributed by atoms with Crippen molar-refractivity contribution in [2.24, 2.45) is 0 Å². The van der Waals surface area contributed by atoms with Gasteiger partial charge in [0, 0.05) is 12.1 Å². The molecule has 0 aliphatic rings. The standard InChI is InChI=1S/C21H28N2O3S/c1-6-8-9-12-23(19(24)17-13-14(3)10-11-15(17)4)21-22-16(5)18(27-21)20(25)26-7-2/h10-11,13H,6-9,12H2,1-5H3. The first kappa shape index (κ1) is 21.1. The highest BCUT2D eigenvalue weighted by Crippen LogP contribution is 2.29. The summed E-state index contributed by atoms with van der Waals surface area (Å²) in [6.45, 7) is 10.5. The van der Waals surface area contributed by atoms with Crippen molar-refractivity contribution in [2.45, 2.75) is 53.9 Å². The molecule has 1 amide bonds. The Kier molecular flexibility index (Phi) is 7.54. The normalized spacial score (nSPS) is 10.7. The van der Waals surface area contributed by atoms with E-state index in [0.717, 1.165) is 30.4 Å². The van der Waals surface area contributed by atoms with E-state index >= 15 is 0 Å². The number of carbonyl (C=O) groups excluding carboxylic acids is 2. The molecule has 2 aromatic rings. The Bertz CT molecular complexity index is 814. The fourth-order valence-corrected chi connectivity index (χ4v) is 3.78. The minimum absolute atomic E-state index is 0.0727. The third-order valence-electron chi connectivity index (χ3n) is 4.33. The van der Waals surface area contributed by atoms with Crippen molar-refractivity contribution in [2.75, 3.05) is 18.1 Å². The zero-order valence-electron chi connectivity index (χ0n) is 16.8. The molecule has 0 saturated carbocycles. The second-order valence-corrected chi connectivity index (χ2v) is 7.59. The van der Waals surface area contributed by atoms with Gasteiger partial charge in [-0.15, -0.1) is 0 Å². The molecule has 2 rings (SSSR count). The summed E-state index contributed by atoms with van der Waals surface area (Å²) in [5.41, 5.74) is 3.25. The molecule has 0 spiro atoms. The molecule has 146 valence electrons. The molecular formula is C21H28N2O3S. The van der Waals surface area contributed by atoms with Gasteiger partial charge < -0.3 is 4.74 Å². The number of benzene rings is 1. The van der Waals surface area contributed by atoms with E-state index in [1.54, 1.807) is 18.7 Å². The van der Waals surface area contributed by atoms with E-state index in [2.05, 4.69) is 11.9 Å². The molecule has 0 saturated heterocycles. The summed E-state index contributed by atoms with van der Waals surface area (Å²) < 4.78 is 5.11. The highest BCUT2D eigenvalue weighted by molar-refractivity contribution is 7.17. The van der Waals surface area contributed by atoms with E-state index in [9.17, 15) is 9.59 Å². The van der Waals surface area contributed by atoms with Crippen LogP contribution in [0, 0.1) is 20.8 Å². The maximum atomic E-state index is 13.3. The largest absolute Gasteiger partial charge is 0.462 e. The number of aromatic nitrogens is 1. The molecule has 0 aliphatic carbocycles. The average Bonchev–Trinajstić information content (AvgIpc) is 3.02. The van der Waals surface area contributed by atoms with Crippen molar-refractivity contribution < 1.29 is 14.3 Å². The van der Waals surface area contributed by atoms with Gasteiger partial charge in [-0.25, -0.2) is 9.78 Å². The van der Waals surface area contributed by atoms with E-state index in [-0.39, 0.29) is 11.9 Å². The molecule has 0 bridgehead atoms. The number of aryl methyl sites for hydroxylation is 3. The summed E-state index contributed by atoms with van der Waals surface area (Å²) in [5.74, 6) is -0.456. The zero-order chi connectivity index (χ0) is 20.0. The van der Waals surface area contributed by atoms with Gasteiger partial charge in [0.25, 0.3) is 5.91 Å². The fourth-order valence-electron chi connectivity index (χ4n) is 2.80. The number of unbranched alkanes of at least 4 members (excludes halogenated alkanes) is 2. The van der Waals surface area contributed by atoms with Gasteiger partial charge >= 0.3 is 5.97 Å². The molecule has 1 aromatic carbocycles. The molecule has 0 unspecified atom stereocenters. The van der Waals surface area contributed by atoms with Crippen molar-refractivity contribution in [3.63, 3.8) is 0 Å². The van der Waals surface area contributed by atoms with Crippen LogP contribution in [0.3, 0.4) is 0 Å². The number of anilines is 1. The number of amides is 1. The van der Waals surface area contributed by atoms with Crippen molar-refractivity contribution in [3.8, 4) is 0 Å². The van der Waals surface area contributed by atoms with Crippen LogP contribution in [0.2, 0.25) is 0 Å². The molecule has 27 heavy (non-hydrogen) atoms. The van der Waals surface area contributed by atoms with Crippen LogP contribution < -0.4 is 4.90 Å². The third kappa shape index (κ3) is 5.16. The van der Waals surface area contributed by atoms with Gasteiger partial charge in [-0.2, -0.15) is 0 Å². The molecule has 0 aliphatic heterocycles. The van der Waals surface area contributed by atoms with Crippen LogP contribution in [0.1, 0.15) is 70.0 Å². The van der Waals surface area contributed by atoms with Gasteiger partial charge in [-0.1, -0.05) is 48.8 Å². The Morgan fingerprint density at radius 2 is 1.89 bits per heavy atom. The van der Waals surface area contributed by atoms with Crippen LogP contribution in [0.15, 0.2) is 18.2 Å². The zero-order valence-corrected chi connectivity index (χ0v) is 17.6. The summed E-state index contributed by atoms with van der Waals surface area (Å²) >= 11 is 1.23. The molecule has 0 fully saturated rings. The lowest BCUT2D eigenvalue weighted by Crippen LogP contribution is -2.32. The first-order valence-corrected chi connectivity index (χ1v) is 10.2. The Morgan fingerprint density at radius 1 is 1.15 bits per heavy atom. The minimum atomic E-state index is -0.383. The number of nitrogens with zero attached hydrogens (tertiary/aromatic N) is 2. The van der Waals surface area contributed by atoms with E-state index < -0.39 is 0 Å². The number of rotatable bonds is 8. The molecule has 5 nitrogen and oxygen atoms in total. The first-order chi connectivity index (χ1) is 12.9. The topological polar surface area (TPSA) is 59.5 Å². The summed E-state index contributed by atoms with van der Waals surface area (Å²) in [6, 6.07) is 5.88. The van der Waals surface area contributed by atoms with Crippen LogP contribution in [0.4, 0.5) is 5.13 Å². The smallest absolute Gasteiger partial charge is 0.350 e. The molecule has 1 aromatic heterocycles. The molecule has 0 radical (unpaired) electrons. The summed E-state index contributed by atoms with van der Waals surface area (Å²) in [6.07, 6.45) is 2.99. The highest BCUT2D eigenvalue weighted by Gasteiger charge is 2.25. The van der Waals surface area contributed by atoms with Crippen molar-refractivity contribution in [1.82, 2.24) is 4.98 Å². The lowest BCUT2D eigenvalue weighted by Gasteiger charge is -2.21. The number of thiazole rings is 1. The third-order valence-corrected chi connectivity index (χ3v) is 5.49. The Labute approximate surface area is 165 Å². The van der Waals surface area contributed by atoms with E-state index in [1.165, 1.54) is 11.3 Å². The molecule has 6 heteroatoms. The van der Waals surface area contributed by atoms with E-state index in [0.29, 0.717) is 34.4 Å². The van der Waals surface area contributed by atoms with E-state index in [1.807, 2.05) is 32.0 Å². The van der Waals surface area contributed by atoms with Crippen LogP contribution >= 0.6 is 11.3 Å². The quantitative estimate of drug-likeness (QED) is 0.467. The molecule has 0 atom stereocenters. The van der Waals surface area contributed by atoms with Crippen LogP contribution in [-0.4, -0.2) is 30.0 Å². The first-order valence-electron chi connectivity index (χ1n) is 9.42. The fraction of sp³-hybridized carbons (Fsp3) is 0.476. The van der Waals surface area contributed by atoms with Crippen molar-refractivity contribution in [1.29, 1.82) is 0 Å². The van der Waals surface area contributed by atoms with E-state index in [4.69, 9.17) is 4.74 Å². The number of ether oxygens (including phenoxy) is 1. The number of hydrogen-bond donors (Lipinski definition) is 0.